The maximum Gasteiger partial charge on any atom is 0.411 e. The number of amides is 1. The number of nitrogens with one attached hydrogen (secondary N) is 1. The van der Waals surface area contributed by atoms with Crippen molar-refractivity contribution in [1.29, 1.82) is 0 Å². The van der Waals surface area contributed by atoms with Gasteiger partial charge in [0.25, 0.3) is 5.91 Å². The van der Waals surface area contributed by atoms with Crippen LogP contribution in [0.3, 0.4) is 0 Å². The smallest absolute Gasteiger partial charge is 0.411 e. The first kappa shape index (κ1) is 16.4. The van der Waals surface area contributed by atoms with Crippen molar-refractivity contribution in [2.24, 2.45) is 0 Å². The molecule has 0 spiro atoms. The van der Waals surface area contributed by atoms with Crippen molar-refractivity contribution < 1.29 is 32.2 Å². The van der Waals surface area contributed by atoms with Gasteiger partial charge in [0.1, 0.15) is 12.7 Å². The third kappa shape index (κ3) is 4.27. The molecule has 1 atom stereocenters. The molecule has 0 bridgehead atoms. The van der Waals surface area contributed by atoms with Crippen molar-refractivity contribution in [3.8, 4) is 11.5 Å². The van der Waals surface area contributed by atoms with E-state index in [9.17, 15) is 18.0 Å². The zero-order chi connectivity index (χ0) is 16.5. The van der Waals surface area contributed by atoms with Crippen molar-refractivity contribution in [3.05, 3.63) is 18.2 Å². The van der Waals surface area contributed by atoms with Gasteiger partial charge in [0, 0.05) is 25.6 Å². The minimum Gasteiger partial charge on any atom is -0.449 e. The van der Waals surface area contributed by atoms with Crippen LogP contribution in [0.2, 0.25) is 0 Å². The van der Waals surface area contributed by atoms with E-state index in [1.807, 2.05) is 0 Å². The molecule has 0 fully saturated rings. The minimum atomic E-state index is -4.47. The zero-order valence-electron chi connectivity index (χ0n) is 12.3. The van der Waals surface area contributed by atoms with Gasteiger partial charge in [0.2, 0.25) is 5.79 Å². The molecule has 0 unspecified atom stereocenters. The first-order valence-corrected chi connectivity index (χ1v) is 6.57. The second-order valence-electron chi connectivity index (χ2n) is 5.32. The summed E-state index contributed by atoms with van der Waals surface area (Å²) in [5.74, 6) is -0.493. The highest BCUT2D eigenvalue weighted by atomic mass is 19.4. The third-order valence-electron chi connectivity index (χ3n) is 2.79. The summed E-state index contributed by atoms with van der Waals surface area (Å²) in [7, 11) is 0. The number of anilines is 1. The molecule has 0 saturated carbocycles. The van der Waals surface area contributed by atoms with Gasteiger partial charge in [-0.05, 0) is 19.1 Å². The molecule has 0 aliphatic carbocycles. The maximum atomic E-state index is 12.0. The van der Waals surface area contributed by atoms with Crippen LogP contribution in [0.5, 0.6) is 11.5 Å². The summed E-state index contributed by atoms with van der Waals surface area (Å²) in [6.45, 7) is 3.24. The SMILES string of the molecule is C[C@H](OCC(F)(F)F)C(=O)Nc1ccc2c(c1)OC(C)(C)O2. The Morgan fingerprint density at radius 2 is 1.95 bits per heavy atom. The highest BCUT2D eigenvalue weighted by Crippen LogP contribution is 2.40. The number of ether oxygens (including phenoxy) is 3. The topological polar surface area (TPSA) is 56.8 Å². The van der Waals surface area contributed by atoms with Gasteiger partial charge >= 0.3 is 6.18 Å². The van der Waals surface area contributed by atoms with E-state index in [-0.39, 0.29) is 0 Å². The Labute approximate surface area is 125 Å². The molecule has 1 amide bonds. The standard InChI is InChI=1S/C14H16F3NO4/c1-8(20-7-14(15,16)17)12(19)18-9-4-5-10-11(6-9)22-13(2,3)21-10/h4-6,8H,7H2,1-3H3,(H,18,19)/t8-/m0/s1. The van der Waals surface area contributed by atoms with Crippen molar-refractivity contribution >= 4 is 11.6 Å². The van der Waals surface area contributed by atoms with Crippen LogP contribution in [-0.2, 0) is 9.53 Å². The largest absolute Gasteiger partial charge is 0.449 e. The zero-order valence-corrected chi connectivity index (χ0v) is 12.3. The highest BCUT2D eigenvalue weighted by Gasteiger charge is 2.32. The summed E-state index contributed by atoms with van der Waals surface area (Å²) in [5.41, 5.74) is 0.382. The number of hydrogen-bond donors (Lipinski definition) is 1. The molecular formula is C14H16F3NO4. The Morgan fingerprint density at radius 1 is 1.32 bits per heavy atom. The van der Waals surface area contributed by atoms with Gasteiger partial charge in [-0.15, -0.1) is 0 Å². The summed E-state index contributed by atoms with van der Waals surface area (Å²) in [6.07, 6.45) is -5.71. The monoisotopic (exact) mass is 319 g/mol. The molecule has 1 aromatic rings. The number of halogens is 3. The molecule has 1 aliphatic rings. The Balaban J connectivity index is 1.96. The maximum absolute atomic E-state index is 12.0. The molecule has 1 aromatic carbocycles. The fourth-order valence-electron chi connectivity index (χ4n) is 1.84. The Bertz CT molecular complexity index is 572. The van der Waals surface area contributed by atoms with Crippen LogP contribution in [0.1, 0.15) is 20.8 Å². The first-order valence-electron chi connectivity index (χ1n) is 6.57. The third-order valence-corrected chi connectivity index (χ3v) is 2.79. The van der Waals surface area contributed by atoms with E-state index in [4.69, 9.17) is 9.47 Å². The van der Waals surface area contributed by atoms with Crippen molar-refractivity contribution in [3.63, 3.8) is 0 Å². The van der Waals surface area contributed by atoms with Crippen LogP contribution in [0.25, 0.3) is 0 Å². The lowest BCUT2D eigenvalue weighted by Crippen LogP contribution is -2.31. The van der Waals surface area contributed by atoms with Gasteiger partial charge in [-0.25, -0.2) is 0 Å². The fraction of sp³-hybridized carbons (Fsp3) is 0.500. The van der Waals surface area contributed by atoms with Crippen LogP contribution in [-0.4, -0.2) is 30.6 Å². The van der Waals surface area contributed by atoms with Gasteiger partial charge in [0.05, 0.1) is 0 Å². The van der Waals surface area contributed by atoms with Crippen molar-refractivity contribution in [2.75, 3.05) is 11.9 Å². The Hall–Kier alpha value is -1.96. The van der Waals surface area contributed by atoms with Crippen LogP contribution in [0.4, 0.5) is 18.9 Å². The number of hydrogen-bond acceptors (Lipinski definition) is 4. The van der Waals surface area contributed by atoms with Crippen molar-refractivity contribution in [1.82, 2.24) is 0 Å². The van der Waals surface area contributed by atoms with Gasteiger partial charge in [-0.2, -0.15) is 13.2 Å². The number of alkyl halides is 3. The van der Waals surface area contributed by atoms with Crippen LogP contribution in [0, 0.1) is 0 Å². The first-order chi connectivity index (χ1) is 10.1. The van der Waals surface area contributed by atoms with Gasteiger partial charge in [-0.3, -0.25) is 4.79 Å². The second kappa shape index (κ2) is 5.68. The van der Waals surface area contributed by atoms with Gasteiger partial charge < -0.3 is 19.5 Å². The van der Waals surface area contributed by atoms with Crippen LogP contribution < -0.4 is 14.8 Å². The number of fused-ring (bicyclic) bond motifs is 1. The lowest BCUT2D eigenvalue weighted by Gasteiger charge is -2.16. The summed E-state index contributed by atoms with van der Waals surface area (Å²) >= 11 is 0. The lowest BCUT2D eigenvalue weighted by atomic mass is 10.2. The summed E-state index contributed by atoms with van der Waals surface area (Å²) in [6, 6.07) is 4.72. The summed E-state index contributed by atoms with van der Waals surface area (Å²) < 4.78 is 51.6. The number of rotatable bonds is 4. The molecule has 1 heterocycles. The normalized spacial score (nSPS) is 17.2. The molecule has 1 aliphatic heterocycles. The molecule has 8 heteroatoms. The molecule has 0 radical (unpaired) electrons. The Kier molecular flexibility index (Phi) is 4.23. The van der Waals surface area contributed by atoms with E-state index in [1.54, 1.807) is 32.0 Å². The number of benzene rings is 1. The van der Waals surface area contributed by atoms with E-state index in [0.717, 1.165) is 0 Å². The molecule has 0 saturated heterocycles. The van der Waals surface area contributed by atoms with Gasteiger partial charge in [-0.1, -0.05) is 0 Å². The molecule has 1 N–H and O–H groups in total. The predicted octanol–water partition coefficient (Wildman–Crippen LogP) is 3.10. The predicted molar refractivity (Wildman–Crippen MR) is 71.9 cm³/mol. The lowest BCUT2D eigenvalue weighted by molar-refractivity contribution is -0.184. The van der Waals surface area contributed by atoms with E-state index in [2.05, 4.69) is 10.1 Å². The van der Waals surface area contributed by atoms with Crippen LogP contribution in [0.15, 0.2) is 18.2 Å². The highest BCUT2D eigenvalue weighted by molar-refractivity contribution is 5.94. The molecule has 122 valence electrons. The number of carbonyl (C=O) groups is 1. The average molecular weight is 319 g/mol. The molecule has 5 nitrogen and oxygen atoms in total. The van der Waals surface area contributed by atoms with E-state index in [0.29, 0.717) is 17.2 Å². The minimum absolute atomic E-state index is 0.382. The van der Waals surface area contributed by atoms with Crippen LogP contribution >= 0.6 is 0 Å². The van der Waals surface area contributed by atoms with E-state index >= 15 is 0 Å². The van der Waals surface area contributed by atoms with E-state index < -0.39 is 30.6 Å². The summed E-state index contributed by atoms with van der Waals surface area (Å²) in [4.78, 5) is 11.8. The Morgan fingerprint density at radius 3 is 2.59 bits per heavy atom. The molecule has 2 rings (SSSR count). The fourth-order valence-corrected chi connectivity index (χ4v) is 1.84. The number of carbonyl (C=O) groups excluding carboxylic acids is 1. The molecule has 22 heavy (non-hydrogen) atoms. The van der Waals surface area contributed by atoms with Crippen molar-refractivity contribution in [2.45, 2.75) is 38.8 Å². The average Bonchev–Trinajstić information content (AvgIpc) is 2.68. The van der Waals surface area contributed by atoms with E-state index in [1.165, 1.54) is 6.92 Å². The molecular weight excluding hydrogens is 303 g/mol. The summed E-state index contributed by atoms with van der Waals surface area (Å²) in [5, 5.41) is 2.47. The second-order valence-corrected chi connectivity index (χ2v) is 5.32. The van der Waals surface area contributed by atoms with Gasteiger partial charge in [0.15, 0.2) is 11.5 Å². The molecule has 0 aromatic heterocycles. The quantitative estimate of drug-likeness (QED) is 0.926.